The third kappa shape index (κ3) is 2.32. The molecule has 4 heteroatoms. The molecule has 3 nitrogen and oxygen atoms in total. The molecule has 1 saturated heterocycles. The summed E-state index contributed by atoms with van der Waals surface area (Å²) in [6.45, 7) is 4.89. The second-order valence-corrected chi connectivity index (χ2v) is 5.01. The number of hydrogen-bond acceptors (Lipinski definition) is 2. The van der Waals surface area contributed by atoms with Gasteiger partial charge in [-0.3, -0.25) is 0 Å². The van der Waals surface area contributed by atoms with Crippen LogP contribution in [-0.4, -0.2) is 32.1 Å². The minimum Gasteiger partial charge on any atom is -0.213 e. The number of sulfonamides is 1. The van der Waals surface area contributed by atoms with Gasteiger partial charge in [0.15, 0.2) is 0 Å². The van der Waals surface area contributed by atoms with Gasteiger partial charge in [-0.25, -0.2) is 12.7 Å². The molecule has 1 heterocycles. The predicted molar refractivity (Wildman–Crippen MR) is 49.1 cm³/mol. The minimum absolute atomic E-state index is 0.611. The fourth-order valence-corrected chi connectivity index (χ4v) is 2.16. The maximum Gasteiger partial charge on any atom is 0.211 e. The van der Waals surface area contributed by atoms with E-state index in [0.717, 1.165) is 12.8 Å². The van der Waals surface area contributed by atoms with Gasteiger partial charge in [0.2, 0.25) is 10.0 Å². The fourth-order valence-electron chi connectivity index (χ4n) is 1.31. The number of allylic oxidation sites excluding steroid dienone is 1. The van der Waals surface area contributed by atoms with E-state index in [4.69, 9.17) is 0 Å². The van der Waals surface area contributed by atoms with Gasteiger partial charge in [-0.15, -0.1) is 0 Å². The Bertz CT molecular complexity index is 269. The lowest BCUT2D eigenvalue weighted by Gasteiger charge is -2.25. The van der Waals surface area contributed by atoms with Gasteiger partial charge in [0.05, 0.1) is 6.26 Å². The lowest BCUT2D eigenvalue weighted by atomic mass is 10.1. The zero-order valence-corrected chi connectivity index (χ0v) is 8.10. The van der Waals surface area contributed by atoms with Crippen LogP contribution in [-0.2, 0) is 10.0 Å². The number of rotatable bonds is 1. The summed E-state index contributed by atoms with van der Waals surface area (Å²) >= 11 is 0. The molecule has 1 fully saturated rings. The first-order valence-electron chi connectivity index (χ1n) is 3.96. The Morgan fingerprint density at radius 2 is 1.92 bits per heavy atom. The molecule has 0 bridgehead atoms. The van der Waals surface area contributed by atoms with E-state index in [0.29, 0.717) is 13.1 Å². The Balaban J connectivity index is 2.58. The van der Waals surface area contributed by atoms with E-state index in [-0.39, 0.29) is 0 Å². The summed E-state index contributed by atoms with van der Waals surface area (Å²) in [7, 11) is -2.97. The fraction of sp³-hybridized carbons (Fsp3) is 0.625. The van der Waals surface area contributed by atoms with Crippen LogP contribution in [0.1, 0.15) is 12.8 Å². The molecule has 0 spiro atoms. The van der Waals surface area contributed by atoms with Crippen molar-refractivity contribution in [1.82, 2.24) is 4.31 Å². The van der Waals surface area contributed by atoms with Gasteiger partial charge in [-0.1, -0.05) is 11.6 Å². The molecule has 69 valence electrons. The van der Waals surface area contributed by atoms with Crippen molar-refractivity contribution < 1.29 is 8.42 Å². The van der Waals surface area contributed by atoms with Crippen molar-refractivity contribution in [3.63, 3.8) is 0 Å². The van der Waals surface area contributed by atoms with E-state index >= 15 is 0 Å². The summed E-state index contributed by atoms with van der Waals surface area (Å²) in [4.78, 5) is 0. The summed E-state index contributed by atoms with van der Waals surface area (Å²) in [5, 5.41) is 0. The average molecular weight is 188 g/mol. The first kappa shape index (κ1) is 9.74. The van der Waals surface area contributed by atoms with Gasteiger partial charge in [0, 0.05) is 13.1 Å². The maximum atomic E-state index is 11.1. The lowest BCUT2D eigenvalue weighted by molar-refractivity contribution is 0.390. The average Bonchev–Trinajstić information content (AvgIpc) is 2.03. The Labute approximate surface area is 74.1 Å². The van der Waals surface area contributed by atoms with Gasteiger partial charge in [-0.05, 0) is 19.8 Å². The van der Waals surface area contributed by atoms with Crippen molar-refractivity contribution in [2.75, 3.05) is 19.3 Å². The molecule has 0 amide bonds. The van der Waals surface area contributed by atoms with Gasteiger partial charge < -0.3 is 0 Å². The van der Waals surface area contributed by atoms with E-state index in [1.165, 1.54) is 16.1 Å². The van der Waals surface area contributed by atoms with Crippen LogP contribution >= 0.6 is 0 Å². The van der Waals surface area contributed by atoms with Crippen molar-refractivity contribution >= 4 is 10.0 Å². The molecule has 0 aromatic carbocycles. The molecule has 1 radical (unpaired) electrons. The second kappa shape index (κ2) is 3.58. The number of nitrogens with zero attached hydrogens (tertiary/aromatic N) is 1. The first-order chi connectivity index (χ1) is 5.54. The summed E-state index contributed by atoms with van der Waals surface area (Å²) in [5.74, 6) is 0. The summed E-state index contributed by atoms with van der Waals surface area (Å²) in [5.41, 5.74) is 1.26. The highest BCUT2D eigenvalue weighted by Gasteiger charge is 2.20. The molecule has 12 heavy (non-hydrogen) atoms. The van der Waals surface area contributed by atoms with Gasteiger partial charge in [0.25, 0.3) is 0 Å². The van der Waals surface area contributed by atoms with Gasteiger partial charge >= 0.3 is 0 Å². The molecule has 1 aliphatic heterocycles. The predicted octanol–water partition coefficient (Wildman–Crippen LogP) is 0.802. The van der Waals surface area contributed by atoms with Crippen LogP contribution in [0.2, 0.25) is 0 Å². The normalized spacial score (nSPS) is 21.0. The van der Waals surface area contributed by atoms with Crippen molar-refractivity contribution in [1.29, 1.82) is 0 Å². The van der Waals surface area contributed by atoms with E-state index in [9.17, 15) is 8.42 Å². The van der Waals surface area contributed by atoms with Crippen LogP contribution in [0, 0.1) is 6.92 Å². The Morgan fingerprint density at radius 3 is 2.25 bits per heavy atom. The molecule has 0 aliphatic carbocycles. The summed E-state index contributed by atoms with van der Waals surface area (Å²) in [6, 6.07) is 0. The van der Waals surface area contributed by atoms with Crippen LogP contribution in [0.25, 0.3) is 0 Å². The van der Waals surface area contributed by atoms with E-state index in [2.05, 4.69) is 6.92 Å². The molecular formula is C8H14NO2S. The zero-order chi connectivity index (χ0) is 9.19. The Kier molecular flexibility index (Phi) is 2.90. The molecule has 0 atom stereocenters. The van der Waals surface area contributed by atoms with Gasteiger partial charge in [-0.2, -0.15) is 0 Å². The van der Waals surface area contributed by atoms with Crippen LogP contribution in [0.15, 0.2) is 11.6 Å². The standard InChI is InChI=1S/C8H14NO2S/c1-3-8-4-6-9(7-5-8)12(2,10)11/h3H,1,4-7H2,2H3. The largest absolute Gasteiger partial charge is 0.213 e. The van der Waals surface area contributed by atoms with Crippen molar-refractivity contribution in [2.45, 2.75) is 12.8 Å². The number of piperidine rings is 1. The highest BCUT2D eigenvalue weighted by Crippen LogP contribution is 2.17. The number of hydrogen-bond donors (Lipinski definition) is 0. The smallest absolute Gasteiger partial charge is 0.211 e. The Hall–Kier alpha value is -0.350. The first-order valence-corrected chi connectivity index (χ1v) is 5.81. The van der Waals surface area contributed by atoms with E-state index in [1.54, 1.807) is 0 Å². The molecule has 0 unspecified atom stereocenters. The molecule has 0 saturated carbocycles. The van der Waals surface area contributed by atoms with Crippen LogP contribution in [0.3, 0.4) is 0 Å². The van der Waals surface area contributed by atoms with Crippen molar-refractivity contribution in [3.05, 3.63) is 18.6 Å². The lowest BCUT2D eigenvalue weighted by Crippen LogP contribution is -2.35. The maximum absolute atomic E-state index is 11.1. The van der Waals surface area contributed by atoms with Crippen LogP contribution in [0.5, 0.6) is 0 Å². The third-order valence-electron chi connectivity index (χ3n) is 2.12. The highest BCUT2D eigenvalue weighted by atomic mass is 32.2. The third-order valence-corrected chi connectivity index (χ3v) is 3.43. The summed E-state index contributed by atoms with van der Waals surface area (Å²) in [6.07, 6.45) is 4.75. The van der Waals surface area contributed by atoms with Crippen molar-refractivity contribution in [2.24, 2.45) is 0 Å². The topological polar surface area (TPSA) is 37.4 Å². The molecule has 0 aromatic rings. The van der Waals surface area contributed by atoms with E-state index in [1.807, 2.05) is 6.08 Å². The molecule has 1 aliphatic rings. The van der Waals surface area contributed by atoms with Gasteiger partial charge in [0.1, 0.15) is 0 Å². The zero-order valence-electron chi connectivity index (χ0n) is 7.28. The molecule has 1 rings (SSSR count). The SMILES string of the molecule is [CH2]C=C1CCN(S(C)(=O)=O)CC1. The minimum atomic E-state index is -2.97. The highest BCUT2D eigenvalue weighted by molar-refractivity contribution is 7.88. The second-order valence-electron chi connectivity index (χ2n) is 3.02. The monoisotopic (exact) mass is 188 g/mol. The Morgan fingerprint density at radius 1 is 1.42 bits per heavy atom. The molecular weight excluding hydrogens is 174 g/mol. The molecule has 0 N–H and O–H groups in total. The van der Waals surface area contributed by atoms with Crippen molar-refractivity contribution in [3.8, 4) is 0 Å². The van der Waals surface area contributed by atoms with E-state index < -0.39 is 10.0 Å². The van der Waals surface area contributed by atoms with Crippen LogP contribution in [0.4, 0.5) is 0 Å². The quantitative estimate of drug-likeness (QED) is 0.610. The summed E-state index contributed by atoms with van der Waals surface area (Å²) < 4.78 is 23.7. The molecule has 0 aromatic heterocycles. The van der Waals surface area contributed by atoms with Crippen LogP contribution < -0.4 is 0 Å².